The molecule has 9 heteroatoms. The van der Waals surface area contributed by atoms with Crippen molar-refractivity contribution in [3.05, 3.63) is 72.3 Å². The van der Waals surface area contributed by atoms with Crippen molar-refractivity contribution in [2.24, 2.45) is 0 Å². The normalized spacial score (nSPS) is 28.7. The van der Waals surface area contributed by atoms with E-state index in [1.807, 2.05) is 42.5 Å². The highest BCUT2D eigenvalue weighted by Crippen LogP contribution is 2.41. The summed E-state index contributed by atoms with van der Waals surface area (Å²) in [6, 6.07) is 20.8. The molecule has 5 rings (SSSR count). The molecule has 0 aliphatic carbocycles. The third-order valence-electron chi connectivity index (χ3n) is 6.66. The van der Waals surface area contributed by atoms with E-state index in [4.69, 9.17) is 33.2 Å². The zero-order chi connectivity index (χ0) is 26.9. The summed E-state index contributed by atoms with van der Waals surface area (Å²) in [5, 5.41) is 2.11. The standard InChI is InChI=1S/C29H30O9/c1-17(30)34-26-25-24(16-33-29(3,38-25)21-10-9-19-7-5-6-8-20(19)15-21)37-28(27(26)35-18(2)31)36-23-13-11-22(32-4)12-14-23/h5-15,24-28H,16H2,1-4H3/t24-,25-,26+,27-,28-,29-/m1/s1. The summed E-state index contributed by atoms with van der Waals surface area (Å²) in [7, 11) is 1.56. The van der Waals surface area contributed by atoms with Gasteiger partial charge in [-0.2, -0.15) is 0 Å². The van der Waals surface area contributed by atoms with E-state index in [1.165, 1.54) is 13.8 Å². The molecule has 0 radical (unpaired) electrons. The average Bonchev–Trinajstić information content (AvgIpc) is 2.90. The lowest BCUT2D eigenvalue weighted by Crippen LogP contribution is -2.66. The second-order valence-corrected chi connectivity index (χ2v) is 9.39. The van der Waals surface area contributed by atoms with Crippen molar-refractivity contribution in [1.29, 1.82) is 0 Å². The third kappa shape index (κ3) is 5.31. The van der Waals surface area contributed by atoms with Crippen LogP contribution in [0.1, 0.15) is 26.3 Å². The van der Waals surface area contributed by atoms with Gasteiger partial charge in [0.25, 0.3) is 0 Å². The van der Waals surface area contributed by atoms with Crippen molar-refractivity contribution < 1.29 is 42.7 Å². The van der Waals surface area contributed by atoms with Gasteiger partial charge in [-0.25, -0.2) is 0 Å². The van der Waals surface area contributed by atoms with Crippen LogP contribution in [0.4, 0.5) is 0 Å². The number of carbonyl (C=O) groups excluding carboxylic acids is 2. The van der Waals surface area contributed by atoms with Gasteiger partial charge >= 0.3 is 11.9 Å². The second kappa shape index (κ2) is 10.6. The molecule has 3 aromatic rings. The van der Waals surface area contributed by atoms with Crippen LogP contribution in [0.2, 0.25) is 0 Å². The minimum atomic E-state index is -1.17. The lowest BCUT2D eigenvalue weighted by molar-refractivity contribution is -0.384. The van der Waals surface area contributed by atoms with Crippen LogP contribution >= 0.6 is 0 Å². The van der Waals surface area contributed by atoms with Crippen molar-refractivity contribution in [1.82, 2.24) is 0 Å². The molecule has 9 nitrogen and oxygen atoms in total. The van der Waals surface area contributed by atoms with Crippen molar-refractivity contribution in [2.45, 2.75) is 57.3 Å². The SMILES string of the molecule is COc1ccc(O[C@@H]2O[C@@H]3CO[C@@](C)(c4ccc5ccccc5c4)O[C@H]3[C@H](OC(C)=O)[C@H]2OC(C)=O)cc1. The predicted octanol–water partition coefficient (Wildman–Crippen LogP) is 4.10. The van der Waals surface area contributed by atoms with Gasteiger partial charge in [0.15, 0.2) is 11.9 Å². The molecule has 0 bridgehead atoms. The molecule has 200 valence electrons. The van der Waals surface area contributed by atoms with Gasteiger partial charge in [0, 0.05) is 19.4 Å². The number of carbonyl (C=O) groups is 2. The monoisotopic (exact) mass is 522 g/mol. The van der Waals surface area contributed by atoms with E-state index >= 15 is 0 Å². The molecule has 0 unspecified atom stereocenters. The summed E-state index contributed by atoms with van der Waals surface area (Å²) in [4.78, 5) is 24.3. The topological polar surface area (TPSA) is 98.8 Å². The lowest BCUT2D eigenvalue weighted by Gasteiger charge is -2.50. The van der Waals surface area contributed by atoms with E-state index in [0.717, 1.165) is 16.3 Å². The summed E-state index contributed by atoms with van der Waals surface area (Å²) in [5.41, 5.74) is 0.789. The second-order valence-electron chi connectivity index (χ2n) is 9.39. The first-order valence-electron chi connectivity index (χ1n) is 12.4. The van der Waals surface area contributed by atoms with Gasteiger partial charge in [0.1, 0.15) is 23.7 Å². The average molecular weight is 523 g/mol. The zero-order valence-electron chi connectivity index (χ0n) is 21.6. The number of hydrogen-bond donors (Lipinski definition) is 0. The summed E-state index contributed by atoms with van der Waals surface area (Å²) >= 11 is 0. The number of methoxy groups -OCH3 is 1. The fourth-order valence-corrected chi connectivity index (χ4v) is 4.84. The molecule has 38 heavy (non-hydrogen) atoms. The van der Waals surface area contributed by atoms with Gasteiger partial charge < -0.3 is 33.2 Å². The fourth-order valence-electron chi connectivity index (χ4n) is 4.84. The van der Waals surface area contributed by atoms with Crippen LogP contribution < -0.4 is 9.47 Å². The third-order valence-corrected chi connectivity index (χ3v) is 6.66. The van der Waals surface area contributed by atoms with E-state index in [9.17, 15) is 9.59 Å². The number of ether oxygens (including phenoxy) is 7. The molecule has 6 atom stereocenters. The van der Waals surface area contributed by atoms with Crippen LogP contribution in [0.3, 0.4) is 0 Å². The Bertz CT molecular complexity index is 1310. The van der Waals surface area contributed by atoms with E-state index in [1.54, 1.807) is 38.3 Å². The molecule has 2 aliphatic heterocycles. The van der Waals surface area contributed by atoms with Crippen LogP contribution in [0.5, 0.6) is 11.5 Å². The zero-order valence-corrected chi connectivity index (χ0v) is 21.6. The van der Waals surface area contributed by atoms with E-state index in [0.29, 0.717) is 11.5 Å². The summed E-state index contributed by atoms with van der Waals surface area (Å²) in [5.74, 6) is -1.21. The molecule has 0 N–H and O–H groups in total. The Balaban J connectivity index is 1.45. The van der Waals surface area contributed by atoms with Crippen molar-refractivity contribution in [3.63, 3.8) is 0 Å². The summed E-state index contributed by atoms with van der Waals surface area (Å²) in [6.07, 6.45) is -4.66. The van der Waals surface area contributed by atoms with Crippen LogP contribution in [-0.4, -0.2) is 56.4 Å². The van der Waals surface area contributed by atoms with Gasteiger partial charge in [0.05, 0.1) is 13.7 Å². The van der Waals surface area contributed by atoms with E-state index < -0.39 is 48.4 Å². The van der Waals surface area contributed by atoms with Gasteiger partial charge in [-0.05, 0) is 48.0 Å². The molecule has 0 saturated carbocycles. The molecule has 2 fully saturated rings. The number of hydrogen-bond acceptors (Lipinski definition) is 9. The Hall–Kier alpha value is -3.66. The Morgan fingerprint density at radius 2 is 1.53 bits per heavy atom. The summed E-state index contributed by atoms with van der Waals surface area (Å²) < 4.78 is 41.4. The van der Waals surface area contributed by atoms with Gasteiger partial charge in [-0.1, -0.05) is 36.4 Å². The van der Waals surface area contributed by atoms with Gasteiger partial charge in [-0.15, -0.1) is 0 Å². The Kier molecular flexibility index (Phi) is 7.25. The minimum absolute atomic E-state index is 0.126. The van der Waals surface area contributed by atoms with Crippen molar-refractivity contribution in [2.75, 3.05) is 13.7 Å². The minimum Gasteiger partial charge on any atom is -0.497 e. The maximum atomic E-state index is 12.2. The first-order chi connectivity index (χ1) is 18.3. The quantitative estimate of drug-likeness (QED) is 0.443. The molecule has 0 amide bonds. The van der Waals surface area contributed by atoms with Crippen LogP contribution in [0.25, 0.3) is 10.8 Å². The molecule has 2 aliphatic rings. The number of rotatable bonds is 6. The molecule has 2 heterocycles. The molecular weight excluding hydrogens is 492 g/mol. The highest BCUT2D eigenvalue weighted by Gasteiger charge is 2.56. The van der Waals surface area contributed by atoms with Crippen molar-refractivity contribution >= 4 is 22.7 Å². The van der Waals surface area contributed by atoms with Crippen LogP contribution in [0.15, 0.2) is 66.7 Å². The maximum absolute atomic E-state index is 12.2. The number of esters is 2. The predicted molar refractivity (Wildman–Crippen MR) is 136 cm³/mol. The number of benzene rings is 3. The van der Waals surface area contributed by atoms with Crippen molar-refractivity contribution in [3.8, 4) is 11.5 Å². The van der Waals surface area contributed by atoms with Gasteiger partial charge in [0.2, 0.25) is 12.4 Å². The highest BCUT2D eigenvalue weighted by atomic mass is 16.8. The maximum Gasteiger partial charge on any atom is 0.303 e. The fraction of sp³-hybridized carbons (Fsp3) is 0.379. The molecule has 3 aromatic carbocycles. The van der Waals surface area contributed by atoms with Gasteiger partial charge in [-0.3, -0.25) is 9.59 Å². The highest BCUT2D eigenvalue weighted by molar-refractivity contribution is 5.83. The lowest BCUT2D eigenvalue weighted by atomic mass is 9.94. The number of fused-ring (bicyclic) bond motifs is 2. The van der Waals surface area contributed by atoms with E-state index in [-0.39, 0.29) is 6.61 Å². The first kappa shape index (κ1) is 26.0. The van der Waals surface area contributed by atoms with E-state index in [2.05, 4.69) is 0 Å². The molecular formula is C29H30O9. The Labute approximate surface area is 220 Å². The summed E-state index contributed by atoms with van der Waals surface area (Å²) in [6.45, 7) is 4.49. The largest absolute Gasteiger partial charge is 0.497 e. The van der Waals surface area contributed by atoms with Crippen LogP contribution in [-0.2, 0) is 39.1 Å². The molecule has 0 spiro atoms. The smallest absolute Gasteiger partial charge is 0.303 e. The molecule has 0 aromatic heterocycles. The molecule has 2 saturated heterocycles. The first-order valence-corrected chi connectivity index (χ1v) is 12.4. The Morgan fingerprint density at radius 1 is 0.868 bits per heavy atom. The van der Waals surface area contributed by atoms with Crippen LogP contribution in [0, 0.1) is 0 Å². The Morgan fingerprint density at radius 3 is 2.21 bits per heavy atom.